The number of carbonyl (C=O) groups is 1. The first-order chi connectivity index (χ1) is 8.59. The molecule has 0 spiro atoms. The molecule has 0 aliphatic heterocycles. The van der Waals surface area contributed by atoms with Crippen LogP contribution in [-0.2, 0) is 11.2 Å². The van der Waals surface area contributed by atoms with Crippen LogP contribution in [0.3, 0.4) is 0 Å². The number of thiophene rings is 1. The molecule has 0 saturated heterocycles. The minimum absolute atomic E-state index is 0.0569. The number of hydrogen-bond acceptors (Lipinski definition) is 2. The summed E-state index contributed by atoms with van der Waals surface area (Å²) >= 11 is 7.25. The van der Waals surface area contributed by atoms with Crippen molar-refractivity contribution in [2.45, 2.75) is 12.3 Å². The second-order valence-corrected chi connectivity index (χ2v) is 5.20. The maximum absolute atomic E-state index is 13.6. The van der Waals surface area contributed by atoms with Crippen LogP contribution in [0.5, 0.6) is 0 Å². The highest BCUT2D eigenvalue weighted by molar-refractivity contribution is 7.10. The van der Waals surface area contributed by atoms with Gasteiger partial charge in [-0.25, -0.2) is 4.39 Å². The van der Waals surface area contributed by atoms with Crippen molar-refractivity contribution in [1.29, 1.82) is 0 Å². The molecule has 0 saturated carbocycles. The summed E-state index contributed by atoms with van der Waals surface area (Å²) in [6, 6.07) is 7.86. The zero-order valence-corrected chi connectivity index (χ0v) is 10.8. The normalized spacial score (nSPS) is 12.3. The van der Waals surface area contributed by atoms with Crippen molar-refractivity contribution in [3.05, 3.63) is 57.0 Å². The summed E-state index contributed by atoms with van der Waals surface area (Å²) in [7, 11) is 0. The summed E-state index contributed by atoms with van der Waals surface area (Å²) in [5.41, 5.74) is 0.250. The van der Waals surface area contributed by atoms with Gasteiger partial charge in [-0.1, -0.05) is 23.7 Å². The van der Waals surface area contributed by atoms with Gasteiger partial charge in [-0.05, 0) is 30.0 Å². The van der Waals surface area contributed by atoms with E-state index < -0.39 is 17.7 Å². The van der Waals surface area contributed by atoms with Crippen LogP contribution in [0.15, 0.2) is 35.7 Å². The lowest BCUT2D eigenvalue weighted by atomic mass is 9.97. The average Bonchev–Trinajstić information content (AvgIpc) is 2.81. The summed E-state index contributed by atoms with van der Waals surface area (Å²) < 4.78 is 13.6. The Bertz CT molecular complexity index is 534. The summed E-state index contributed by atoms with van der Waals surface area (Å²) in [4.78, 5) is 12.0. The van der Waals surface area contributed by atoms with Gasteiger partial charge < -0.3 is 5.11 Å². The van der Waals surface area contributed by atoms with Crippen LogP contribution >= 0.6 is 22.9 Å². The lowest BCUT2D eigenvalue weighted by Gasteiger charge is -2.12. The highest BCUT2D eigenvalue weighted by Gasteiger charge is 2.23. The van der Waals surface area contributed by atoms with Gasteiger partial charge in [0.1, 0.15) is 5.82 Å². The Morgan fingerprint density at radius 3 is 2.72 bits per heavy atom. The van der Waals surface area contributed by atoms with E-state index in [2.05, 4.69) is 0 Å². The molecule has 1 N–H and O–H groups in total. The van der Waals surface area contributed by atoms with Gasteiger partial charge in [0.05, 0.1) is 5.92 Å². The van der Waals surface area contributed by atoms with Crippen LogP contribution in [0.2, 0.25) is 5.02 Å². The molecular weight excluding hydrogens is 275 g/mol. The Morgan fingerprint density at radius 1 is 1.39 bits per heavy atom. The standard InChI is InChI=1S/C13H10ClFO2S/c14-10-3-1-4-11(15)8(10)7-9(13(16)17)12-5-2-6-18-12/h1-6,9H,7H2,(H,16,17). The molecule has 2 nitrogen and oxygen atoms in total. The molecule has 0 aliphatic carbocycles. The first kappa shape index (κ1) is 13.1. The van der Waals surface area contributed by atoms with Crippen LogP contribution < -0.4 is 0 Å². The fourth-order valence-electron chi connectivity index (χ4n) is 1.73. The summed E-state index contributed by atoms with van der Waals surface area (Å²) in [5, 5.41) is 11.3. The van der Waals surface area contributed by atoms with Gasteiger partial charge in [-0.15, -0.1) is 11.3 Å². The molecule has 5 heteroatoms. The Kier molecular flexibility index (Phi) is 3.99. The third-order valence-corrected chi connectivity index (χ3v) is 3.99. The van der Waals surface area contributed by atoms with E-state index in [0.29, 0.717) is 4.88 Å². The number of rotatable bonds is 4. The van der Waals surface area contributed by atoms with Gasteiger partial charge in [0.2, 0.25) is 0 Å². The maximum Gasteiger partial charge on any atom is 0.312 e. The quantitative estimate of drug-likeness (QED) is 0.923. The average molecular weight is 285 g/mol. The Labute approximate surface area is 113 Å². The minimum Gasteiger partial charge on any atom is -0.481 e. The number of benzene rings is 1. The van der Waals surface area contributed by atoms with Gasteiger partial charge in [0.25, 0.3) is 0 Å². The summed E-state index contributed by atoms with van der Waals surface area (Å²) in [6.07, 6.45) is 0.0569. The van der Waals surface area contributed by atoms with E-state index >= 15 is 0 Å². The van der Waals surface area contributed by atoms with Crippen molar-refractivity contribution in [2.24, 2.45) is 0 Å². The monoisotopic (exact) mass is 284 g/mol. The third-order valence-electron chi connectivity index (χ3n) is 2.65. The van der Waals surface area contributed by atoms with Crippen molar-refractivity contribution in [1.82, 2.24) is 0 Å². The van der Waals surface area contributed by atoms with Gasteiger partial charge in [-0.2, -0.15) is 0 Å². The molecule has 2 aromatic rings. The predicted molar refractivity (Wildman–Crippen MR) is 69.8 cm³/mol. The van der Waals surface area contributed by atoms with E-state index in [0.717, 1.165) is 0 Å². The van der Waals surface area contributed by atoms with E-state index in [-0.39, 0.29) is 17.0 Å². The number of carboxylic acid groups (broad SMARTS) is 1. The van der Waals surface area contributed by atoms with Gasteiger partial charge in [-0.3, -0.25) is 4.79 Å². The molecule has 94 valence electrons. The van der Waals surface area contributed by atoms with E-state index in [4.69, 9.17) is 11.6 Å². The second-order valence-electron chi connectivity index (χ2n) is 3.81. The number of aliphatic carboxylic acids is 1. The van der Waals surface area contributed by atoms with Gasteiger partial charge in [0.15, 0.2) is 0 Å². The fourth-order valence-corrected chi connectivity index (χ4v) is 2.79. The number of hydrogen-bond donors (Lipinski definition) is 1. The van der Waals surface area contributed by atoms with Crippen LogP contribution in [0.25, 0.3) is 0 Å². The highest BCUT2D eigenvalue weighted by atomic mass is 35.5. The molecule has 1 heterocycles. The van der Waals surface area contributed by atoms with Crippen molar-refractivity contribution in [3.8, 4) is 0 Å². The summed E-state index contributed by atoms with van der Waals surface area (Å²) in [6.45, 7) is 0. The maximum atomic E-state index is 13.6. The molecule has 1 atom stereocenters. The van der Waals surface area contributed by atoms with Crippen LogP contribution in [0.1, 0.15) is 16.4 Å². The van der Waals surface area contributed by atoms with Crippen molar-refractivity contribution >= 4 is 28.9 Å². The molecule has 0 radical (unpaired) electrons. The molecule has 1 aromatic heterocycles. The Balaban J connectivity index is 2.33. The van der Waals surface area contributed by atoms with Crippen LogP contribution in [0.4, 0.5) is 4.39 Å². The largest absolute Gasteiger partial charge is 0.481 e. The van der Waals surface area contributed by atoms with Gasteiger partial charge in [0, 0.05) is 15.5 Å². The second kappa shape index (κ2) is 5.50. The topological polar surface area (TPSA) is 37.3 Å². The Morgan fingerprint density at radius 2 is 2.17 bits per heavy atom. The molecule has 0 fully saturated rings. The third kappa shape index (κ3) is 2.71. The first-order valence-electron chi connectivity index (χ1n) is 5.28. The van der Waals surface area contributed by atoms with E-state index in [1.807, 2.05) is 0 Å². The molecule has 0 aliphatic rings. The highest BCUT2D eigenvalue weighted by Crippen LogP contribution is 2.29. The van der Waals surface area contributed by atoms with Gasteiger partial charge >= 0.3 is 5.97 Å². The smallest absolute Gasteiger partial charge is 0.312 e. The SMILES string of the molecule is O=C(O)C(Cc1c(F)cccc1Cl)c1cccs1. The van der Waals surface area contributed by atoms with E-state index in [9.17, 15) is 14.3 Å². The molecule has 1 aromatic carbocycles. The zero-order valence-electron chi connectivity index (χ0n) is 9.27. The minimum atomic E-state index is -0.975. The fraction of sp³-hybridized carbons (Fsp3) is 0.154. The number of halogens is 2. The lowest BCUT2D eigenvalue weighted by molar-refractivity contribution is -0.138. The lowest BCUT2D eigenvalue weighted by Crippen LogP contribution is -2.14. The van der Waals surface area contributed by atoms with Crippen molar-refractivity contribution < 1.29 is 14.3 Å². The molecule has 0 bridgehead atoms. The van der Waals surface area contributed by atoms with Crippen molar-refractivity contribution in [3.63, 3.8) is 0 Å². The molecule has 0 amide bonds. The molecule has 18 heavy (non-hydrogen) atoms. The van der Waals surface area contributed by atoms with E-state index in [1.165, 1.54) is 23.5 Å². The Hall–Kier alpha value is -1.39. The predicted octanol–water partition coefficient (Wildman–Crippen LogP) is 3.95. The first-order valence-corrected chi connectivity index (χ1v) is 6.54. The van der Waals surface area contributed by atoms with Crippen molar-refractivity contribution in [2.75, 3.05) is 0 Å². The molecule has 2 rings (SSSR count). The summed E-state index contributed by atoms with van der Waals surface area (Å²) in [5.74, 6) is -2.21. The molecular formula is C13H10ClFO2S. The van der Waals surface area contributed by atoms with E-state index in [1.54, 1.807) is 23.6 Å². The molecule has 1 unspecified atom stereocenters. The van der Waals surface area contributed by atoms with Crippen LogP contribution in [0, 0.1) is 5.82 Å². The zero-order chi connectivity index (χ0) is 13.1. The van der Waals surface area contributed by atoms with Crippen LogP contribution in [-0.4, -0.2) is 11.1 Å². The number of carboxylic acids is 1.